The Bertz CT molecular complexity index is 470. The SMILES string of the molecule is CCC(CC)N(CCN)S(=O)(=O)CCc1ccccc1. The minimum Gasteiger partial charge on any atom is -0.329 e. The fourth-order valence-electron chi connectivity index (χ4n) is 2.38. The molecule has 20 heavy (non-hydrogen) atoms. The lowest BCUT2D eigenvalue weighted by atomic mass is 10.2. The summed E-state index contributed by atoms with van der Waals surface area (Å²) in [5, 5.41) is 0. The van der Waals surface area contributed by atoms with E-state index in [0.717, 1.165) is 18.4 Å². The van der Waals surface area contributed by atoms with E-state index in [1.165, 1.54) is 0 Å². The van der Waals surface area contributed by atoms with Crippen molar-refractivity contribution in [1.82, 2.24) is 4.31 Å². The monoisotopic (exact) mass is 298 g/mol. The van der Waals surface area contributed by atoms with Crippen molar-refractivity contribution in [3.63, 3.8) is 0 Å². The Morgan fingerprint density at radius 1 is 1.15 bits per heavy atom. The Hall–Kier alpha value is -0.910. The van der Waals surface area contributed by atoms with Crippen molar-refractivity contribution >= 4 is 10.0 Å². The zero-order valence-electron chi connectivity index (χ0n) is 12.5. The maximum atomic E-state index is 12.5. The van der Waals surface area contributed by atoms with Crippen LogP contribution in [0.1, 0.15) is 32.3 Å². The van der Waals surface area contributed by atoms with E-state index in [1.54, 1.807) is 4.31 Å². The zero-order valence-corrected chi connectivity index (χ0v) is 13.3. The third-order valence-corrected chi connectivity index (χ3v) is 5.46. The average molecular weight is 298 g/mol. The first kappa shape index (κ1) is 17.1. The Labute approximate surface area is 123 Å². The second-order valence-corrected chi connectivity index (χ2v) is 6.96. The molecule has 0 amide bonds. The first-order valence-electron chi connectivity index (χ1n) is 7.28. The van der Waals surface area contributed by atoms with Gasteiger partial charge in [0.05, 0.1) is 5.75 Å². The van der Waals surface area contributed by atoms with Gasteiger partial charge in [-0.05, 0) is 24.8 Å². The van der Waals surface area contributed by atoms with Crippen molar-refractivity contribution in [3.05, 3.63) is 35.9 Å². The lowest BCUT2D eigenvalue weighted by Gasteiger charge is -2.29. The van der Waals surface area contributed by atoms with Crippen LogP contribution in [-0.2, 0) is 16.4 Å². The number of hydrogen-bond acceptors (Lipinski definition) is 3. The van der Waals surface area contributed by atoms with Gasteiger partial charge in [0.15, 0.2) is 0 Å². The highest BCUT2D eigenvalue weighted by molar-refractivity contribution is 7.89. The molecule has 0 unspecified atom stereocenters. The normalized spacial score (nSPS) is 12.2. The van der Waals surface area contributed by atoms with E-state index in [0.29, 0.717) is 19.5 Å². The molecule has 2 N–H and O–H groups in total. The van der Waals surface area contributed by atoms with E-state index >= 15 is 0 Å². The zero-order chi connectivity index (χ0) is 15.0. The van der Waals surface area contributed by atoms with Crippen molar-refractivity contribution in [2.24, 2.45) is 5.73 Å². The molecule has 1 aromatic rings. The Morgan fingerprint density at radius 2 is 1.75 bits per heavy atom. The van der Waals surface area contributed by atoms with Crippen LogP contribution >= 0.6 is 0 Å². The highest BCUT2D eigenvalue weighted by Gasteiger charge is 2.26. The van der Waals surface area contributed by atoms with Crippen LogP contribution in [0.4, 0.5) is 0 Å². The van der Waals surface area contributed by atoms with E-state index in [1.807, 2.05) is 44.2 Å². The van der Waals surface area contributed by atoms with Crippen LogP contribution in [0.3, 0.4) is 0 Å². The number of rotatable bonds is 9. The van der Waals surface area contributed by atoms with Gasteiger partial charge in [-0.25, -0.2) is 8.42 Å². The molecule has 0 aromatic heterocycles. The number of hydrogen-bond donors (Lipinski definition) is 1. The fraction of sp³-hybridized carbons (Fsp3) is 0.600. The van der Waals surface area contributed by atoms with Gasteiger partial charge in [-0.15, -0.1) is 0 Å². The summed E-state index contributed by atoms with van der Waals surface area (Å²) in [7, 11) is -3.25. The van der Waals surface area contributed by atoms with Crippen LogP contribution in [0.2, 0.25) is 0 Å². The number of aryl methyl sites for hydroxylation is 1. The van der Waals surface area contributed by atoms with Gasteiger partial charge in [-0.1, -0.05) is 44.2 Å². The van der Waals surface area contributed by atoms with Crippen LogP contribution in [0.5, 0.6) is 0 Å². The summed E-state index contributed by atoms with van der Waals surface area (Å²) in [5.74, 6) is 0.146. The van der Waals surface area contributed by atoms with Gasteiger partial charge < -0.3 is 5.73 Å². The lowest BCUT2D eigenvalue weighted by molar-refractivity contribution is 0.309. The molecule has 0 aliphatic carbocycles. The Morgan fingerprint density at radius 3 is 2.25 bits per heavy atom. The standard InChI is InChI=1S/C15H26N2O2S/c1-3-15(4-2)17(12-11-16)20(18,19)13-10-14-8-6-5-7-9-14/h5-9,15H,3-4,10-13,16H2,1-2H3. The first-order chi connectivity index (χ1) is 9.55. The van der Waals surface area contributed by atoms with Crippen LogP contribution < -0.4 is 5.73 Å². The summed E-state index contributed by atoms with van der Waals surface area (Å²) in [6.45, 7) is 4.80. The van der Waals surface area contributed by atoms with Gasteiger partial charge in [0.1, 0.15) is 0 Å². The number of sulfonamides is 1. The van der Waals surface area contributed by atoms with Crippen LogP contribution in [-0.4, -0.2) is 37.6 Å². The van der Waals surface area contributed by atoms with Crippen molar-refractivity contribution in [2.75, 3.05) is 18.8 Å². The van der Waals surface area contributed by atoms with Gasteiger partial charge in [-0.3, -0.25) is 0 Å². The predicted octanol–water partition coefficient (Wildman–Crippen LogP) is 2.01. The molecule has 0 aliphatic heterocycles. The lowest BCUT2D eigenvalue weighted by Crippen LogP contribution is -2.44. The van der Waals surface area contributed by atoms with E-state index in [9.17, 15) is 8.42 Å². The van der Waals surface area contributed by atoms with Crippen molar-refractivity contribution in [1.29, 1.82) is 0 Å². The molecule has 0 spiro atoms. The molecule has 0 atom stereocenters. The Balaban J connectivity index is 2.77. The molecule has 0 saturated carbocycles. The average Bonchev–Trinajstić information content (AvgIpc) is 2.46. The molecule has 0 heterocycles. The van der Waals surface area contributed by atoms with E-state index < -0.39 is 10.0 Å². The van der Waals surface area contributed by atoms with E-state index in [2.05, 4.69) is 0 Å². The summed E-state index contributed by atoms with van der Waals surface area (Å²) in [4.78, 5) is 0. The quantitative estimate of drug-likeness (QED) is 0.758. The molecule has 1 aromatic carbocycles. The summed E-state index contributed by atoms with van der Waals surface area (Å²) in [5.41, 5.74) is 6.62. The minimum absolute atomic E-state index is 0.0549. The van der Waals surface area contributed by atoms with Gasteiger partial charge in [-0.2, -0.15) is 4.31 Å². The van der Waals surface area contributed by atoms with Crippen LogP contribution in [0, 0.1) is 0 Å². The summed E-state index contributed by atoms with van der Waals surface area (Å²) in [6.07, 6.45) is 2.19. The molecule has 5 heteroatoms. The van der Waals surface area contributed by atoms with Crippen molar-refractivity contribution in [3.8, 4) is 0 Å². The number of nitrogens with zero attached hydrogens (tertiary/aromatic N) is 1. The first-order valence-corrected chi connectivity index (χ1v) is 8.89. The molecule has 0 aliphatic rings. The third kappa shape index (κ3) is 4.89. The molecular formula is C15H26N2O2S. The smallest absolute Gasteiger partial charge is 0.214 e. The minimum atomic E-state index is -3.25. The van der Waals surface area contributed by atoms with Gasteiger partial charge in [0.25, 0.3) is 0 Å². The molecule has 0 saturated heterocycles. The topological polar surface area (TPSA) is 63.4 Å². The van der Waals surface area contributed by atoms with E-state index in [4.69, 9.17) is 5.73 Å². The summed E-state index contributed by atoms with van der Waals surface area (Å²) >= 11 is 0. The molecular weight excluding hydrogens is 272 g/mol. The molecule has 1 rings (SSSR count). The molecule has 4 nitrogen and oxygen atoms in total. The maximum Gasteiger partial charge on any atom is 0.214 e. The predicted molar refractivity (Wildman–Crippen MR) is 84.1 cm³/mol. The van der Waals surface area contributed by atoms with Crippen molar-refractivity contribution in [2.45, 2.75) is 39.2 Å². The fourth-order valence-corrected chi connectivity index (χ4v) is 4.24. The summed E-state index contributed by atoms with van der Waals surface area (Å²) in [6, 6.07) is 9.77. The Kier molecular flexibility index (Phi) is 7.19. The van der Waals surface area contributed by atoms with Crippen LogP contribution in [0.15, 0.2) is 30.3 Å². The highest BCUT2D eigenvalue weighted by Crippen LogP contribution is 2.15. The largest absolute Gasteiger partial charge is 0.329 e. The van der Waals surface area contributed by atoms with Gasteiger partial charge in [0.2, 0.25) is 10.0 Å². The molecule has 0 radical (unpaired) electrons. The number of benzene rings is 1. The second kappa shape index (κ2) is 8.39. The maximum absolute atomic E-state index is 12.5. The third-order valence-electron chi connectivity index (χ3n) is 3.55. The highest BCUT2D eigenvalue weighted by atomic mass is 32.2. The number of nitrogens with two attached hydrogens (primary N) is 1. The molecule has 0 bridgehead atoms. The van der Waals surface area contributed by atoms with E-state index in [-0.39, 0.29) is 11.8 Å². The van der Waals surface area contributed by atoms with Gasteiger partial charge >= 0.3 is 0 Å². The second-order valence-electron chi connectivity index (χ2n) is 4.92. The molecule has 114 valence electrons. The summed E-state index contributed by atoms with van der Waals surface area (Å²) < 4.78 is 26.6. The molecule has 0 fully saturated rings. The van der Waals surface area contributed by atoms with Crippen LogP contribution in [0.25, 0.3) is 0 Å². The van der Waals surface area contributed by atoms with Gasteiger partial charge in [0, 0.05) is 19.1 Å². The van der Waals surface area contributed by atoms with Crippen molar-refractivity contribution < 1.29 is 8.42 Å².